The molecule has 1 fully saturated rings. The molecule has 0 amide bonds. The molecule has 22 heavy (non-hydrogen) atoms. The molecular weight excluding hydrogens is 272 g/mol. The standard InChI is InChI=1S/C18H24N4/c1-21-10-12-22(13-11-21)18-15-7-4-5-9-19-17(15)14-6-2-3-8-16(14)20-18/h2-3,6,8,19H,4-5,7,9-13H2,1H3. The van der Waals surface area contributed by atoms with Crippen molar-refractivity contribution < 1.29 is 0 Å². The monoisotopic (exact) mass is 296 g/mol. The summed E-state index contributed by atoms with van der Waals surface area (Å²) < 4.78 is 0. The fraction of sp³-hybridized carbons (Fsp3) is 0.500. The molecule has 4 heteroatoms. The van der Waals surface area contributed by atoms with Gasteiger partial charge >= 0.3 is 0 Å². The molecular formula is C18H24N4. The van der Waals surface area contributed by atoms with E-state index in [0.717, 1.165) is 44.7 Å². The van der Waals surface area contributed by atoms with Crippen LogP contribution >= 0.6 is 0 Å². The second kappa shape index (κ2) is 5.76. The topological polar surface area (TPSA) is 31.4 Å². The summed E-state index contributed by atoms with van der Waals surface area (Å²) in [7, 11) is 2.20. The van der Waals surface area contributed by atoms with Gasteiger partial charge in [-0.1, -0.05) is 18.2 Å². The Morgan fingerprint density at radius 2 is 1.86 bits per heavy atom. The lowest BCUT2D eigenvalue weighted by Gasteiger charge is -2.35. The predicted octanol–water partition coefficient (Wildman–Crippen LogP) is 2.73. The first-order valence-electron chi connectivity index (χ1n) is 8.42. The Kier molecular flexibility index (Phi) is 3.62. The maximum absolute atomic E-state index is 5.05. The number of aromatic nitrogens is 1. The highest BCUT2D eigenvalue weighted by Gasteiger charge is 2.23. The second-order valence-electron chi connectivity index (χ2n) is 6.48. The van der Waals surface area contributed by atoms with Gasteiger partial charge in [-0.15, -0.1) is 0 Å². The minimum atomic E-state index is 1.07. The molecule has 0 atom stereocenters. The Hall–Kier alpha value is -1.81. The van der Waals surface area contributed by atoms with Gasteiger partial charge in [0.25, 0.3) is 0 Å². The van der Waals surface area contributed by atoms with Crippen LogP contribution in [0.2, 0.25) is 0 Å². The van der Waals surface area contributed by atoms with E-state index < -0.39 is 0 Å². The summed E-state index contributed by atoms with van der Waals surface area (Å²) in [5.74, 6) is 1.22. The van der Waals surface area contributed by atoms with Crippen LogP contribution in [0.15, 0.2) is 24.3 Å². The first-order valence-corrected chi connectivity index (χ1v) is 8.42. The van der Waals surface area contributed by atoms with Crippen LogP contribution < -0.4 is 10.2 Å². The first-order chi connectivity index (χ1) is 10.8. The van der Waals surface area contributed by atoms with Crippen molar-refractivity contribution in [3.05, 3.63) is 29.8 Å². The van der Waals surface area contributed by atoms with Crippen LogP contribution in [0.5, 0.6) is 0 Å². The highest BCUT2D eigenvalue weighted by Crippen LogP contribution is 2.36. The Morgan fingerprint density at radius 1 is 1.05 bits per heavy atom. The van der Waals surface area contributed by atoms with E-state index in [2.05, 4.69) is 46.4 Å². The zero-order valence-electron chi connectivity index (χ0n) is 13.3. The number of rotatable bonds is 1. The molecule has 0 aliphatic carbocycles. The van der Waals surface area contributed by atoms with Crippen molar-refractivity contribution in [2.45, 2.75) is 19.3 Å². The van der Waals surface area contributed by atoms with Crippen LogP contribution in [0.3, 0.4) is 0 Å². The van der Waals surface area contributed by atoms with Gasteiger partial charge in [0.15, 0.2) is 0 Å². The summed E-state index contributed by atoms with van der Waals surface area (Å²) in [5.41, 5.74) is 3.88. The third-order valence-electron chi connectivity index (χ3n) is 4.93. The molecule has 0 radical (unpaired) electrons. The summed E-state index contributed by atoms with van der Waals surface area (Å²) in [6, 6.07) is 8.55. The highest BCUT2D eigenvalue weighted by molar-refractivity contribution is 5.95. The number of anilines is 2. The quantitative estimate of drug-likeness (QED) is 0.877. The average molecular weight is 296 g/mol. The van der Waals surface area contributed by atoms with Gasteiger partial charge in [0, 0.05) is 43.7 Å². The van der Waals surface area contributed by atoms with Crippen LogP contribution in [-0.2, 0) is 6.42 Å². The number of nitrogens with zero attached hydrogens (tertiary/aromatic N) is 3. The molecule has 0 saturated carbocycles. The number of benzene rings is 1. The zero-order valence-corrected chi connectivity index (χ0v) is 13.3. The summed E-state index contributed by atoms with van der Waals surface area (Å²) in [5, 5.41) is 4.95. The minimum Gasteiger partial charge on any atom is -0.384 e. The Balaban J connectivity index is 1.84. The van der Waals surface area contributed by atoms with E-state index in [1.807, 2.05) is 0 Å². The van der Waals surface area contributed by atoms with E-state index in [0.29, 0.717) is 0 Å². The fourth-order valence-corrected chi connectivity index (χ4v) is 3.60. The molecule has 116 valence electrons. The van der Waals surface area contributed by atoms with Crippen molar-refractivity contribution in [3.63, 3.8) is 0 Å². The van der Waals surface area contributed by atoms with Crippen molar-refractivity contribution in [3.8, 4) is 0 Å². The van der Waals surface area contributed by atoms with Gasteiger partial charge in [-0.25, -0.2) is 4.98 Å². The number of hydrogen-bond donors (Lipinski definition) is 1. The van der Waals surface area contributed by atoms with E-state index >= 15 is 0 Å². The molecule has 2 aromatic rings. The van der Waals surface area contributed by atoms with E-state index in [1.165, 1.54) is 35.3 Å². The molecule has 2 aliphatic rings. The van der Waals surface area contributed by atoms with Gasteiger partial charge in [-0.2, -0.15) is 0 Å². The van der Waals surface area contributed by atoms with Crippen LogP contribution in [-0.4, -0.2) is 49.7 Å². The molecule has 0 spiro atoms. The second-order valence-corrected chi connectivity index (χ2v) is 6.48. The average Bonchev–Trinajstić information content (AvgIpc) is 2.81. The molecule has 3 heterocycles. The molecule has 1 aromatic heterocycles. The summed E-state index contributed by atoms with van der Waals surface area (Å²) in [6.45, 7) is 5.47. The number of pyridine rings is 1. The van der Waals surface area contributed by atoms with E-state index in [-0.39, 0.29) is 0 Å². The predicted molar refractivity (Wildman–Crippen MR) is 92.9 cm³/mol. The maximum atomic E-state index is 5.05. The molecule has 0 unspecified atom stereocenters. The largest absolute Gasteiger partial charge is 0.384 e. The van der Waals surface area contributed by atoms with Crippen molar-refractivity contribution in [1.29, 1.82) is 0 Å². The van der Waals surface area contributed by atoms with Crippen LogP contribution in [0, 0.1) is 0 Å². The molecule has 4 rings (SSSR count). The van der Waals surface area contributed by atoms with Crippen LogP contribution in [0.25, 0.3) is 10.9 Å². The van der Waals surface area contributed by atoms with Crippen molar-refractivity contribution in [2.24, 2.45) is 0 Å². The normalized spacial score (nSPS) is 19.6. The van der Waals surface area contributed by atoms with Gasteiger partial charge in [0.05, 0.1) is 11.2 Å². The fourth-order valence-electron chi connectivity index (χ4n) is 3.60. The van der Waals surface area contributed by atoms with Gasteiger partial charge in [0.2, 0.25) is 0 Å². The number of para-hydroxylation sites is 1. The zero-order chi connectivity index (χ0) is 14.9. The molecule has 4 nitrogen and oxygen atoms in total. The Labute approximate surface area is 132 Å². The van der Waals surface area contributed by atoms with E-state index in [9.17, 15) is 0 Å². The van der Waals surface area contributed by atoms with Gasteiger partial charge in [-0.05, 0) is 32.4 Å². The first kappa shape index (κ1) is 13.8. The lowest BCUT2D eigenvalue weighted by molar-refractivity contribution is 0.312. The Bertz CT molecular complexity index is 674. The van der Waals surface area contributed by atoms with Crippen molar-refractivity contribution in [2.75, 3.05) is 50.0 Å². The number of likely N-dealkylation sites (N-methyl/N-ethyl adjacent to an activating group) is 1. The van der Waals surface area contributed by atoms with Crippen molar-refractivity contribution in [1.82, 2.24) is 9.88 Å². The Morgan fingerprint density at radius 3 is 2.73 bits per heavy atom. The molecule has 0 bridgehead atoms. The highest BCUT2D eigenvalue weighted by atomic mass is 15.3. The number of piperazine rings is 1. The third kappa shape index (κ3) is 2.41. The lowest BCUT2D eigenvalue weighted by atomic mass is 10.0. The SMILES string of the molecule is CN1CCN(c2nc3ccccc3c3c2CCCCN3)CC1. The van der Waals surface area contributed by atoms with Crippen LogP contribution in [0.4, 0.5) is 11.5 Å². The molecule has 1 saturated heterocycles. The van der Waals surface area contributed by atoms with Gasteiger partial charge in [-0.3, -0.25) is 0 Å². The van der Waals surface area contributed by atoms with E-state index in [4.69, 9.17) is 4.98 Å². The summed E-state index contributed by atoms with van der Waals surface area (Å²) >= 11 is 0. The summed E-state index contributed by atoms with van der Waals surface area (Å²) in [4.78, 5) is 9.93. The van der Waals surface area contributed by atoms with Crippen LogP contribution in [0.1, 0.15) is 18.4 Å². The van der Waals surface area contributed by atoms with Crippen molar-refractivity contribution >= 4 is 22.4 Å². The molecule has 2 aliphatic heterocycles. The van der Waals surface area contributed by atoms with Gasteiger partial charge < -0.3 is 15.1 Å². The third-order valence-corrected chi connectivity index (χ3v) is 4.93. The lowest BCUT2D eigenvalue weighted by Crippen LogP contribution is -2.45. The summed E-state index contributed by atoms with van der Waals surface area (Å²) in [6.07, 6.45) is 3.63. The van der Waals surface area contributed by atoms with Gasteiger partial charge in [0.1, 0.15) is 5.82 Å². The molecule has 1 N–H and O–H groups in total. The number of fused-ring (bicyclic) bond motifs is 3. The smallest absolute Gasteiger partial charge is 0.134 e. The maximum Gasteiger partial charge on any atom is 0.134 e. The molecule has 1 aromatic carbocycles. The van der Waals surface area contributed by atoms with E-state index in [1.54, 1.807) is 0 Å². The minimum absolute atomic E-state index is 1.07. The number of hydrogen-bond acceptors (Lipinski definition) is 4. The number of nitrogens with one attached hydrogen (secondary N) is 1.